The molecule has 3 rings (SSSR count). The highest BCUT2D eigenvalue weighted by Gasteiger charge is 2.16. The molecule has 0 spiro atoms. The molecule has 76 valence electrons. The standard InChI is InChI=1S/C11H10N2O2/c1-7-6-12-10-8(13-7)2-3-9-11(10)15-5-4-14-9/h2-3,6H,4-5H2,1H3. The fourth-order valence-corrected chi connectivity index (χ4v) is 1.68. The quantitative estimate of drug-likeness (QED) is 0.652. The summed E-state index contributed by atoms with van der Waals surface area (Å²) >= 11 is 0. The van der Waals surface area contributed by atoms with Crippen molar-refractivity contribution in [2.45, 2.75) is 6.92 Å². The number of benzene rings is 1. The first kappa shape index (κ1) is 8.47. The summed E-state index contributed by atoms with van der Waals surface area (Å²) in [6.07, 6.45) is 1.74. The van der Waals surface area contributed by atoms with Crippen molar-refractivity contribution < 1.29 is 9.47 Å². The fourth-order valence-electron chi connectivity index (χ4n) is 1.68. The Labute approximate surface area is 86.9 Å². The van der Waals surface area contributed by atoms with Crippen molar-refractivity contribution in [1.82, 2.24) is 9.97 Å². The van der Waals surface area contributed by atoms with Gasteiger partial charge in [-0.05, 0) is 19.1 Å². The smallest absolute Gasteiger partial charge is 0.189 e. The fraction of sp³-hybridized carbons (Fsp3) is 0.273. The molecule has 0 atom stereocenters. The van der Waals surface area contributed by atoms with Crippen LogP contribution in [0.25, 0.3) is 11.0 Å². The number of ether oxygens (including phenoxy) is 2. The summed E-state index contributed by atoms with van der Waals surface area (Å²) in [5, 5.41) is 0. The second-order valence-corrected chi connectivity index (χ2v) is 3.47. The van der Waals surface area contributed by atoms with E-state index >= 15 is 0 Å². The average Bonchev–Trinajstić information content (AvgIpc) is 2.28. The van der Waals surface area contributed by atoms with Crippen LogP contribution in [0.4, 0.5) is 0 Å². The first-order valence-corrected chi connectivity index (χ1v) is 4.86. The SMILES string of the molecule is Cc1cnc2c3c(ccc2n1)OCCO3. The molecule has 0 aliphatic carbocycles. The Morgan fingerprint density at radius 3 is 3.00 bits per heavy atom. The highest BCUT2D eigenvalue weighted by Crippen LogP contribution is 2.35. The van der Waals surface area contributed by atoms with Crippen molar-refractivity contribution >= 4 is 11.0 Å². The van der Waals surface area contributed by atoms with E-state index in [1.165, 1.54) is 0 Å². The van der Waals surface area contributed by atoms with Crippen LogP contribution in [-0.2, 0) is 0 Å². The van der Waals surface area contributed by atoms with Gasteiger partial charge in [0.15, 0.2) is 11.5 Å². The number of aryl methyl sites for hydroxylation is 1. The first-order valence-electron chi connectivity index (χ1n) is 4.86. The Bertz CT molecular complexity index is 525. The summed E-state index contributed by atoms with van der Waals surface area (Å²) in [4.78, 5) is 8.71. The van der Waals surface area contributed by atoms with E-state index in [9.17, 15) is 0 Å². The minimum Gasteiger partial charge on any atom is -0.486 e. The van der Waals surface area contributed by atoms with E-state index in [-0.39, 0.29) is 0 Å². The summed E-state index contributed by atoms with van der Waals surface area (Å²) in [6.45, 7) is 3.09. The summed E-state index contributed by atoms with van der Waals surface area (Å²) in [6, 6.07) is 3.79. The molecule has 0 amide bonds. The van der Waals surface area contributed by atoms with Crippen molar-refractivity contribution in [3.63, 3.8) is 0 Å². The number of hydrogen-bond donors (Lipinski definition) is 0. The van der Waals surface area contributed by atoms with E-state index in [1.807, 2.05) is 19.1 Å². The molecule has 0 unspecified atom stereocenters. The summed E-state index contributed by atoms with van der Waals surface area (Å²) < 4.78 is 11.0. The minimum atomic E-state index is 0.571. The molecule has 0 saturated carbocycles. The maximum absolute atomic E-state index is 5.55. The highest BCUT2D eigenvalue weighted by molar-refractivity contribution is 5.84. The largest absolute Gasteiger partial charge is 0.486 e. The zero-order valence-corrected chi connectivity index (χ0v) is 8.36. The van der Waals surface area contributed by atoms with E-state index in [2.05, 4.69) is 9.97 Å². The van der Waals surface area contributed by atoms with Crippen LogP contribution in [0.5, 0.6) is 11.5 Å². The molecule has 4 nitrogen and oxygen atoms in total. The van der Waals surface area contributed by atoms with Gasteiger partial charge in [0, 0.05) is 6.20 Å². The summed E-state index contributed by atoms with van der Waals surface area (Å²) in [5.74, 6) is 1.47. The van der Waals surface area contributed by atoms with E-state index in [0.717, 1.165) is 22.5 Å². The number of hydrogen-bond acceptors (Lipinski definition) is 4. The van der Waals surface area contributed by atoms with Gasteiger partial charge in [0.05, 0.1) is 11.2 Å². The van der Waals surface area contributed by atoms with Crippen LogP contribution < -0.4 is 9.47 Å². The molecule has 1 aliphatic heterocycles. The van der Waals surface area contributed by atoms with Crippen LogP contribution in [0.1, 0.15) is 5.69 Å². The third-order valence-corrected chi connectivity index (χ3v) is 2.34. The average molecular weight is 202 g/mol. The molecule has 1 aromatic carbocycles. The number of aromatic nitrogens is 2. The lowest BCUT2D eigenvalue weighted by atomic mass is 10.2. The normalized spacial score (nSPS) is 14.2. The zero-order valence-electron chi connectivity index (χ0n) is 8.36. The van der Waals surface area contributed by atoms with Crippen molar-refractivity contribution in [2.75, 3.05) is 13.2 Å². The second kappa shape index (κ2) is 3.08. The van der Waals surface area contributed by atoms with E-state index in [0.29, 0.717) is 19.0 Å². The Kier molecular flexibility index (Phi) is 1.74. The summed E-state index contributed by atoms with van der Waals surface area (Å²) in [7, 11) is 0. The van der Waals surface area contributed by atoms with Gasteiger partial charge in [0.1, 0.15) is 18.7 Å². The Balaban J connectivity index is 2.32. The van der Waals surface area contributed by atoms with Crippen molar-refractivity contribution in [1.29, 1.82) is 0 Å². The molecule has 15 heavy (non-hydrogen) atoms. The van der Waals surface area contributed by atoms with Gasteiger partial charge in [0.25, 0.3) is 0 Å². The third kappa shape index (κ3) is 1.29. The number of fused-ring (bicyclic) bond motifs is 3. The van der Waals surface area contributed by atoms with Gasteiger partial charge in [-0.25, -0.2) is 9.97 Å². The van der Waals surface area contributed by atoms with E-state index in [1.54, 1.807) is 6.20 Å². The van der Waals surface area contributed by atoms with Crippen LogP contribution in [0, 0.1) is 6.92 Å². The van der Waals surface area contributed by atoms with Crippen molar-refractivity contribution in [2.24, 2.45) is 0 Å². The molecular weight excluding hydrogens is 192 g/mol. The van der Waals surface area contributed by atoms with Gasteiger partial charge < -0.3 is 9.47 Å². The molecular formula is C11H10N2O2. The van der Waals surface area contributed by atoms with Crippen LogP contribution in [0.15, 0.2) is 18.3 Å². The van der Waals surface area contributed by atoms with Gasteiger partial charge >= 0.3 is 0 Å². The van der Waals surface area contributed by atoms with Crippen molar-refractivity contribution in [3.8, 4) is 11.5 Å². The van der Waals surface area contributed by atoms with Gasteiger partial charge in [-0.2, -0.15) is 0 Å². The molecule has 2 heterocycles. The lowest BCUT2D eigenvalue weighted by Gasteiger charge is -2.18. The zero-order chi connectivity index (χ0) is 10.3. The predicted molar refractivity (Wildman–Crippen MR) is 55.3 cm³/mol. The second-order valence-electron chi connectivity index (χ2n) is 3.47. The molecule has 0 N–H and O–H groups in total. The van der Waals surface area contributed by atoms with Crippen molar-refractivity contribution in [3.05, 3.63) is 24.0 Å². The van der Waals surface area contributed by atoms with Gasteiger partial charge in [-0.15, -0.1) is 0 Å². The number of nitrogens with zero attached hydrogens (tertiary/aromatic N) is 2. The Morgan fingerprint density at radius 2 is 2.07 bits per heavy atom. The van der Waals surface area contributed by atoms with Gasteiger partial charge in [-0.3, -0.25) is 0 Å². The highest BCUT2D eigenvalue weighted by atomic mass is 16.6. The lowest BCUT2D eigenvalue weighted by Crippen LogP contribution is -2.15. The van der Waals surface area contributed by atoms with Crippen LogP contribution in [0.3, 0.4) is 0 Å². The monoisotopic (exact) mass is 202 g/mol. The van der Waals surface area contributed by atoms with Crippen LogP contribution in [0.2, 0.25) is 0 Å². The molecule has 1 aromatic heterocycles. The maximum atomic E-state index is 5.55. The van der Waals surface area contributed by atoms with Crippen LogP contribution >= 0.6 is 0 Å². The first-order chi connectivity index (χ1) is 7.34. The molecule has 2 aromatic rings. The topological polar surface area (TPSA) is 44.2 Å². The molecule has 4 heteroatoms. The third-order valence-electron chi connectivity index (χ3n) is 2.34. The molecule has 1 aliphatic rings. The minimum absolute atomic E-state index is 0.571. The van der Waals surface area contributed by atoms with E-state index in [4.69, 9.17) is 9.47 Å². The molecule has 0 bridgehead atoms. The predicted octanol–water partition coefficient (Wildman–Crippen LogP) is 1.71. The lowest BCUT2D eigenvalue weighted by molar-refractivity contribution is 0.173. The van der Waals surface area contributed by atoms with Gasteiger partial charge in [-0.1, -0.05) is 0 Å². The Morgan fingerprint density at radius 1 is 1.20 bits per heavy atom. The molecule has 0 fully saturated rings. The van der Waals surface area contributed by atoms with Crippen LogP contribution in [-0.4, -0.2) is 23.2 Å². The number of rotatable bonds is 0. The molecule has 0 radical (unpaired) electrons. The molecule has 0 saturated heterocycles. The van der Waals surface area contributed by atoms with Gasteiger partial charge in [0.2, 0.25) is 0 Å². The maximum Gasteiger partial charge on any atom is 0.189 e. The van der Waals surface area contributed by atoms with E-state index < -0.39 is 0 Å². The Hall–Kier alpha value is -1.84. The summed E-state index contributed by atoms with van der Waals surface area (Å²) in [5.41, 5.74) is 2.52.